The summed E-state index contributed by atoms with van der Waals surface area (Å²) in [7, 11) is 0. The second-order valence-corrected chi connectivity index (χ2v) is 7.12. The lowest BCUT2D eigenvalue weighted by Crippen LogP contribution is -2.43. The topological polar surface area (TPSA) is 41.9 Å². The highest BCUT2D eigenvalue weighted by Crippen LogP contribution is 2.32. The van der Waals surface area contributed by atoms with Gasteiger partial charge in [-0.05, 0) is 24.3 Å². The van der Waals surface area contributed by atoms with E-state index in [0.29, 0.717) is 36.8 Å². The maximum Gasteiger partial charge on any atom is 0.165 e. The van der Waals surface area contributed by atoms with Crippen LogP contribution in [0.3, 0.4) is 0 Å². The van der Waals surface area contributed by atoms with E-state index in [0.717, 1.165) is 0 Å². The number of hydrogen-bond donors (Lipinski definition) is 1. The molecule has 2 aromatic carbocycles. The molecule has 1 fully saturated rings. The molecule has 0 spiro atoms. The van der Waals surface area contributed by atoms with Gasteiger partial charge in [-0.3, -0.25) is 4.90 Å². The molecule has 2 unspecified atom stereocenters. The highest BCUT2D eigenvalue weighted by molar-refractivity contribution is 6.35. The van der Waals surface area contributed by atoms with E-state index in [1.807, 2.05) is 4.90 Å². The Labute approximate surface area is 166 Å². The third kappa shape index (κ3) is 5.30. The minimum atomic E-state index is -0.819. The highest BCUT2D eigenvalue weighted by atomic mass is 35.5. The fourth-order valence-electron chi connectivity index (χ4n) is 2.94. The van der Waals surface area contributed by atoms with Gasteiger partial charge in [0.2, 0.25) is 0 Å². The number of hydrogen-bond acceptors (Lipinski definition) is 4. The SMILES string of the molecule is OC(COc1ccccc1F)CN1CCOC(c2cc(F)c(Cl)cc2Cl)C1. The van der Waals surface area contributed by atoms with E-state index in [1.165, 1.54) is 24.3 Å². The lowest BCUT2D eigenvalue weighted by molar-refractivity contribution is -0.0461. The van der Waals surface area contributed by atoms with E-state index in [-0.39, 0.29) is 17.4 Å². The molecule has 0 saturated carbocycles. The quantitative estimate of drug-likeness (QED) is 0.718. The number of rotatable bonds is 6. The molecule has 0 bridgehead atoms. The van der Waals surface area contributed by atoms with Gasteiger partial charge in [-0.25, -0.2) is 8.78 Å². The fourth-order valence-corrected chi connectivity index (χ4v) is 3.44. The number of halogens is 4. The Morgan fingerprint density at radius 2 is 1.96 bits per heavy atom. The molecule has 4 nitrogen and oxygen atoms in total. The average molecular weight is 418 g/mol. The van der Waals surface area contributed by atoms with Crippen LogP contribution >= 0.6 is 23.2 Å². The number of benzene rings is 2. The van der Waals surface area contributed by atoms with Gasteiger partial charge >= 0.3 is 0 Å². The molecule has 1 saturated heterocycles. The zero-order chi connectivity index (χ0) is 19.4. The van der Waals surface area contributed by atoms with Crippen molar-refractivity contribution in [2.75, 3.05) is 32.8 Å². The van der Waals surface area contributed by atoms with Crippen molar-refractivity contribution in [2.45, 2.75) is 12.2 Å². The second-order valence-electron chi connectivity index (χ2n) is 6.30. The second kappa shape index (κ2) is 9.17. The monoisotopic (exact) mass is 417 g/mol. The summed E-state index contributed by atoms with van der Waals surface area (Å²) in [5.74, 6) is -0.939. The molecule has 0 radical (unpaired) electrons. The Morgan fingerprint density at radius 1 is 1.19 bits per heavy atom. The number of ether oxygens (including phenoxy) is 2. The summed E-state index contributed by atoms with van der Waals surface area (Å²) >= 11 is 11.9. The number of aliphatic hydroxyl groups excluding tert-OH is 1. The van der Waals surface area contributed by atoms with E-state index < -0.39 is 23.8 Å². The van der Waals surface area contributed by atoms with Crippen LogP contribution in [0.5, 0.6) is 5.75 Å². The van der Waals surface area contributed by atoms with E-state index in [1.54, 1.807) is 12.1 Å². The predicted octanol–water partition coefficient (Wildman–Crippen LogP) is 4.08. The van der Waals surface area contributed by atoms with Crippen LogP contribution in [0.1, 0.15) is 11.7 Å². The van der Waals surface area contributed by atoms with Crippen LogP contribution in [-0.4, -0.2) is 49.0 Å². The lowest BCUT2D eigenvalue weighted by Gasteiger charge is -2.34. The first kappa shape index (κ1) is 20.3. The van der Waals surface area contributed by atoms with E-state index in [9.17, 15) is 13.9 Å². The molecule has 8 heteroatoms. The standard InChI is InChI=1S/C19H19Cl2F2NO3/c20-14-8-15(21)17(23)7-13(14)19-10-24(5-6-26-19)9-12(25)11-27-18-4-2-1-3-16(18)22/h1-4,7-8,12,19,25H,5-6,9-11H2. The summed E-state index contributed by atoms with van der Waals surface area (Å²) in [6, 6.07) is 8.65. The first-order valence-corrected chi connectivity index (χ1v) is 9.23. The molecule has 0 aromatic heterocycles. The Morgan fingerprint density at radius 3 is 2.74 bits per heavy atom. The zero-order valence-corrected chi connectivity index (χ0v) is 15.9. The summed E-state index contributed by atoms with van der Waals surface area (Å²) in [6.07, 6.45) is -1.25. The van der Waals surface area contributed by atoms with Gasteiger partial charge in [0.25, 0.3) is 0 Å². The van der Waals surface area contributed by atoms with Gasteiger partial charge < -0.3 is 14.6 Å². The average Bonchev–Trinajstić information content (AvgIpc) is 2.64. The van der Waals surface area contributed by atoms with Crippen molar-refractivity contribution in [3.63, 3.8) is 0 Å². The summed E-state index contributed by atoms with van der Waals surface area (Å²) < 4.78 is 38.3. The Hall–Kier alpha value is -1.44. The third-order valence-corrected chi connectivity index (χ3v) is 4.89. The van der Waals surface area contributed by atoms with Gasteiger partial charge in [-0.1, -0.05) is 35.3 Å². The lowest BCUT2D eigenvalue weighted by atomic mass is 10.1. The van der Waals surface area contributed by atoms with E-state index >= 15 is 0 Å². The molecule has 0 amide bonds. The van der Waals surface area contributed by atoms with Crippen molar-refractivity contribution in [1.29, 1.82) is 0 Å². The summed E-state index contributed by atoms with van der Waals surface area (Å²) in [4.78, 5) is 1.96. The first-order chi connectivity index (χ1) is 12.9. The number of para-hydroxylation sites is 1. The normalized spacial score (nSPS) is 19.1. The van der Waals surface area contributed by atoms with Gasteiger partial charge in [0.15, 0.2) is 11.6 Å². The van der Waals surface area contributed by atoms with Crippen LogP contribution < -0.4 is 4.74 Å². The van der Waals surface area contributed by atoms with Crippen molar-refractivity contribution in [2.24, 2.45) is 0 Å². The summed E-state index contributed by atoms with van der Waals surface area (Å²) in [5, 5.41) is 10.5. The molecular formula is C19H19Cl2F2NO3. The number of morpholine rings is 1. The molecule has 146 valence electrons. The highest BCUT2D eigenvalue weighted by Gasteiger charge is 2.26. The zero-order valence-electron chi connectivity index (χ0n) is 14.4. The first-order valence-electron chi connectivity index (χ1n) is 8.48. The van der Waals surface area contributed by atoms with Gasteiger partial charge in [0.1, 0.15) is 18.5 Å². The summed E-state index contributed by atoms with van der Waals surface area (Å²) in [6.45, 7) is 1.70. The number of β-amino-alcohol motifs (C(OH)–C–C–N with tert-alkyl or cyclic N) is 1. The maximum atomic E-state index is 13.8. The number of nitrogens with zero attached hydrogens (tertiary/aromatic N) is 1. The van der Waals surface area contributed by atoms with Crippen molar-refractivity contribution >= 4 is 23.2 Å². The van der Waals surface area contributed by atoms with Crippen LogP contribution in [0.4, 0.5) is 8.78 Å². The van der Waals surface area contributed by atoms with Gasteiger partial charge in [0.05, 0.1) is 17.7 Å². The van der Waals surface area contributed by atoms with Crippen LogP contribution in [0.15, 0.2) is 36.4 Å². The minimum absolute atomic E-state index is 0.0424. The van der Waals surface area contributed by atoms with Crippen LogP contribution in [0.2, 0.25) is 10.0 Å². The molecule has 3 rings (SSSR count). The Kier molecular flexibility index (Phi) is 6.89. The van der Waals surface area contributed by atoms with Crippen LogP contribution in [0.25, 0.3) is 0 Å². The predicted molar refractivity (Wildman–Crippen MR) is 99.5 cm³/mol. The molecule has 1 aliphatic rings. The van der Waals surface area contributed by atoms with Crippen molar-refractivity contribution < 1.29 is 23.4 Å². The van der Waals surface area contributed by atoms with Crippen molar-refractivity contribution in [1.82, 2.24) is 4.90 Å². The van der Waals surface area contributed by atoms with Gasteiger partial charge in [0, 0.05) is 30.2 Å². The molecule has 27 heavy (non-hydrogen) atoms. The number of aliphatic hydroxyl groups is 1. The smallest absolute Gasteiger partial charge is 0.165 e. The molecule has 1 heterocycles. The molecule has 0 aliphatic carbocycles. The Balaban J connectivity index is 1.56. The van der Waals surface area contributed by atoms with Gasteiger partial charge in [-0.2, -0.15) is 0 Å². The van der Waals surface area contributed by atoms with Gasteiger partial charge in [-0.15, -0.1) is 0 Å². The van der Waals surface area contributed by atoms with Crippen molar-refractivity contribution in [3.05, 3.63) is 63.6 Å². The van der Waals surface area contributed by atoms with Crippen molar-refractivity contribution in [3.8, 4) is 5.75 Å². The molecule has 2 aromatic rings. The minimum Gasteiger partial charge on any atom is -0.488 e. The fraction of sp³-hybridized carbons (Fsp3) is 0.368. The van der Waals surface area contributed by atoms with E-state index in [4.69, 9.17) is 32.7 Å². The molecular weight excluding hydrogens is 399 g/mol. The third-order valence-electron chi connectivity index (χ3n) is 4.27. The largest absolute Gasteiger partial charge is 0.488 e. The summed E-state index contributed by atoms with van der Waals surface area (Å²) in [5.41, 5.74) is 0.514. The molecule has 1 aliphatic heterocycles. The Bertz CT molecular complexity index is 794. The maximum absolute atomic E-state index is 13.8. The van der Waals surface area contributed by atoms with Crippen LogP contribution in [-0.2, 0) is 4.74 Å². The van der Waals surface area contributed by atoms with Crippen LogP contribution in [0, 0.1) is 11.6 Å². The van der Waals surface area contributed by atoms with E-state index in [2.05, 4.69) is 0 Å². The molecule has 2 atom stereocenters. The molecule has 1 N–H and O–H groups in total.